The zero-order valence-electron chi connectivity index (χ0n) is 8.12. The number of hydrogen-bond acceptors (Lipinski definition) is 2. The van der Waals surface area contributed by atoms with Gasteiger partial charge in [0.1, 0.15) is 0 Å². The highest BCUT2D eigenvalue weighted by Gasteiger charge is 1.99. The van der Waals surface area contributed by atoms with E-state index in [2.05, 4.69) is 18.3 Å². The van der Waals surface area contributed by atoms with Gasteiger partial charge in [0.25, 0.3) is 0 Å². The summed E-state index contributed by atoms with van der Waals surface area (Å²) in [7, 11) is 3.95. The van der Waals surface area contributed by atoms with Crippen LogP contribution >= 0.6 is 0 Å². The third-order valence-electron chi connectivity index (χ3n) is 1.92. The Bertz CT molecular complexity index is 309. The second kappa shape index (κ2) is 3.90. The Morgan fingerprint density at radius 1 is 1.23 bits per heavy atom. The highest BCUT2D eigenvalue weighted by Crippen LogP contribution is 2.18. The fourth-order valence-electron chi connectivity index (χ4n) is 1.02. The molecular weight excluding hydrogens is 160 g/mol. The second-order valence-electron chi connectivity index (χ2n) is 3.05. The maximum Gasteiger partial charge on any atom is 0.0622 e. The minimum absolute atomic E-state index is 0.885. The molecule has 0 saturated heterocycles. The van der Waals surface area contributed by atoms with Crippen LogP contribution in [-0.4, -0.2) is 25.7 Å². The average molecular weight is 174 g/mol. The molecule has 0 amide bonds. The quantitative estimate of drug-likeness (QED) is 0.643. The predicted molar refractivity (Wildman–Crippen MR) is 58.4 cm³/mol. The highest BCUT2D eigenvalue weighted by molar-refractivity contribution is 5.63. The van der Waals surface area contributed by atoms with Crippen molar-refractivity contribution >= 4 is 18.1 Å². The third-order valence-corrected chi connectivity index (χ3v) is 1.92. The number of hydrogen-bond donors (Lipinski definition) is 0. The van der Waals surface area contributed by atoms with Crippen LogP contribution in [0.2, 0.25) is 0 Å². The molecule has 0 heterocycles. The zero-order valence-corrected chi connectivity index (χ0v) is 8.12. The molecule has 0 atom stereocenters. The first kappa shape index (κ1) is 9.52. The van der Waals surface area contributed by atoms with Gasteiger partial charge >= 0.3 is 0 Å². The van der Waals surface area contributed by atoms with Crippen molar-refractivity contribution < 1.29 is 0 Å². The van der Waals surface area contributed by atoms with Gasteiger partial charge in [0.15, 0.2) is 0 Å². The van der Waals surface area contributed by atoms with Gasteiger partial charge in [-0.2, -0.15) is 0 Å². The summed E-state index contributed by atoms with van der Waals surface area (Å²) >= 11 is 0. The normalized spacial score (nSPS) is 9.38. The Kier molecular flexibility index (Phi) is 2.85. The van der Waals surface area contributed by atoms with E-state index in [1.54, 1.807) is 0 Å². The monoisotopic (exact) mass is 174 g/mol. The van der Waals surface area contributed by atoms with E-state index >= 15 is 0 Å². The van der Waals surface area contributed by atoms with Gasteiger partial charge in [0.2, 0.25) is 0 Å². The molecule has 0 saturated carbocycles. The Morgan fingerprint density at radius 3 is 2.15 bits per heavy atom. The smallest absolute Gasteiger partial charge is 0.0622 e. The number of nitrogens with zero attached hydrogens (tertiary/aromatic N) is 2. The maximum atomic E-state index is 3.96. The van der Waals surface area contributed by atoms with Gasteiger partial charge in [-0.1, -0.05) is 18.7 Å². The maximum absolute atomic E-state index is 3.96. The van der Waals surface area contributed by atoms with E-state index in [1.165, 1.54) is 0 Å². The van der Waals surface area contributed by atoms with E-state index < -0.39 is 0 Å². The van der Waals surface area contributed by atoms with Crippen LogP contribution in [0, 0.1) is 0 Å². The lowest BCUT2D eigenvalue weighted by molar-refractivity contribution is 0.593. The van der Waals surface area contributed by atoms with Crippen molar-refractivity contribution in [3.8, 4) is 0 Å². The molecule has 0 radical (unpaired) electrons. The summed E-state index contributed by atoms with van der Waals surface area (Å²) in [5.41, 5.74) is 2.99. The van der Waals surface area contributed by atoms with E-state index in [0.29, 0.717) is 0 Å². The Morgan fingerprint density at radius 2 is 1.77 bits per heavy atom. The van der Waals surface area contributed by atoms with Crippen LogP contribution in [0.1, 0.15) is 5.56 Å². The lowest BCUT2D eigenvalue weighted by atomic mass is 10.1. The van der Waals surface area contributed by atoms with Gasteiger partial charge in [0.05, 0.1) is 5.69 Å². The van der Waals surface area contributed by atoms with Crippen LogP contribution in [0.15, 0.2) is 35.8 Å². The van der Waals surface area contributed by atoms with Crippen LogP contribution in [0.3, 0.4) is 0 Å². The molecular formula is C11H14N2. The van der Waals surface area contributed by atoms with Crippen molar-refractivity contribution in [1.82, 2.24) is 4.90 Å². The zero-order chi connectivity index (χ0) is 9.84. The topological polar surface area (TPSA) is 15.6 Å². The van der Waals surface area contributed by atoms with Crippen LogP contribution in [0.5, 0.6) is 0 Å². The largest absolute Gasteiger partial charge is 0.378 e. The van der Waals surface area contributed by atoms with Crippen molar-refractivity contribution in [2.75, 3.05) is 14.1 Å². The first-order valence-corrected chi connectivity index (χ1v) is 4.08. The molecule has 2 nitrogen and oxygen atoms in total. The molecule has 0 aromatic heterocycles. The summed E-state index contributed by atoms with van der Waals surface area (Å²) in [6.07, 6.45) is 0. The summed E-state index contributed by atoms with van der Waals surface area (Å²) in [6.45, 7) is 7.42. The molecule has 13 heavy (non-hydrogen) atoms. The molecule has 0 aliphatic heterocycles. The second-order valence-corrected chi connectivity index (χ2v) is 3.05. The Hall–Kier alpha value is -1.57. The summed E-state index contributed by atoms with van der Waals surface area (Å²) in [4.78, 5) is 5.81. The van der Waals surface area contributed by atoms with Crippen LogP contribution in [-0.2, 0) is 0 Å². The minimum atomic E-state index is 0.885. The predicted octanol–water partition coefficient (Wildman–Crippen LogP) is 2.55. The molecule has 0 fully saturated rings. The van der Waals surface area contributed by atoms with E-state index in [9.17, 15) is 0 Å². The standard InChI is InChI=1S/C11H14N2/c1-9(13(3)4)10-5-7-11(12-2)8-6-10/h5-8H,1-2H2,3-4H3. The molecule has 0 spiro atoms. The van der Waals surface area contributed by atoms with Crippen LogP contribution < -0.4 is 0 Å². The lowest BCUT2D eigenvalue weighted by Crippen LogP contribution is -2.08. The molecule has 0 unspecified atom stereocenters. The van der Waals surface area contributed by atoms with Crippen molar-refractivity contribution in [2.24, 2.45) is 4.99 Å². The van der Waals surface area contributed by atoms with Crippen molar-refractivity contribution in [1.29, 1.82) is 0 Å². The summed E-state index contributed by atoms with van der Waals surface area (Å²) < 4.78 is 0. The van der Waals surface area contributed by atoms with Crippen molar-refractivity contribution in [2.45, 2.75) is 0 Å². The fourth-order valence-corrected chi connectivity index (χ4v) is 1.02. The minimum Gasteiger partial charge on any atom is -0.378 e. The molecule has 1 rings (SSSR count). The average Bonchev–Trinajstić information content (AvgIpc) is 2.17. The van der Waals surface area contributed by atoms with Crippen LogP contribution in [0.25, 0.3) is 5.70 Å². The van der Waals surface area contributed by atoms with Crippen LogP contribution in [0.4, 0.5) is 5.69 Å². The van der Waals surface area contributed by atoms with E-state index in [1.807, 2.05) is 43.3 Å². The first-order chi connectivity index (χ1) is 6.15. The molecule has 0 N–H and O–H groups in total. The van der Waals surface area contributed by atoms with Gasteiger partial charge in [-0.25, -0.2) is 0 Å². The summed E-state index contributed by atoms with van der Waals surface area (Å²) in [6, 6.07) is 7.84. The third kappa shape index (κ3) is 2.18. The SMILES string of the molecule is C=Nc1ccc(C(=C)N(C)C)cc1. The highest BCUT2D eigenvalue weighted by atomic mass is 15.1. The van der Waals surface area contributed by atoms with Gasteiger partial charge in [0, 0.05) is 19.8 Å². The van der Waals surface area contributed by atoms with Gasteiger partial charge in [-0.05, 0) is 24.4 Å². The fraction of sp³-hybridized carbons (Fsp3) is 0.182. The van der Waals surface area contributed by atoms with E-state index in [0.717, 1.165) is 16.9 Å². The molecule has 1 aromatic carbocycles. The lowest BCUT2D eigenvalue weighted by Gasteiger charge is -2.15. The molecule has 0 bridgehead atoms. The van der Waals surface area contributed by atoms with Gasteiger partial charge < -0.3 is 4.90 Å². The molecule has 0 aliphatic rings. The number of benzene rings is 1. The Balaban J connectivity index is 2.92. The van der Waals surface area contributed by atoms with Crippen molar-refractivity contribution in [3.63, 3.8) is 0 Å². The van der Waals surface area contributed by atoms with Gasteiger partial charge in [-0.15, -0.1) is 0 Å². The van der Waals surface area contributed by atoms with Crippen molar-refractivity contribution in [3.05, 3.63) is 36.4 Å². The summed E-state index contributed by atoms with van der Waals surface area (Å²) in [5, 5.41) is 0. The first-order valence-electron chi connectivity index (χ1n) is 4.08. The number of aliphatic imine (C=N–C) groups is 1. The van der Waals surface area contributed by atoms with E-state index in [4.69, 9.17) is 0 Å². The molecule has 0 aliphatic carbocycles. The molecule has 1 aromatic rings. The molecule has 2 heteroatoms. The molecule has 68 valence electrons. The summed E-state index contributed by atoms with van der Waals surface area (Å²) in [5.74, 6) is 0. The Labute approximate surface area is 79.2 Å². The van der Waals surface area contributed by atoms with E-state index in [-0.39, 0.29) is 0 Å². The number of rotatable bonds is 3. The van der Waals surface area contributed by atoms with Gasteiger partial charge in [-0.3, -0.25) is 4.99 Å².